The molecule has 1 unspecified atom stereocenters. The quantitative estimate of drug-likeness (QED) is 0.655. The van der Waals surface area contributed by atoms with Crippen molar-refractivity contribution >= 4 is 0 Å². The Balaban J connectivity index is 1.68. The van der Waals surface area contributed by atoms with E-state index < -0.39 is 0 Å². The van der Waals surface area contributed by atoms with E-state index in [1.54, 1.807) is 7.11 Å². The van der Waals surface area contributed by atoms with Crippen LogP contribution in [0.1, 0.15) is 22.7 Å². The molecule has 0 saturated carbocycles. The Morgan fingerprint density at radius 3 is 2.45 bits per heavy atom. The van der Waals surface area contributed by atoms with Gasteiger partial charge in [-0.25, -0.2) is 0 Å². The number of benzene rings is 3. The van der Waals surface area contributed by atoms with Gasteiger partial charge in [-0.3, -0.25) is 4.90 Å². The van der Waals surface area contributed by atoms with Gasteiger partial charge in [0.15, 0.2) is 0 Å². The molecule has 1 aliphatic rings. The summed E-state index contributed by atoms with van der Waals surface area (Å²) in [6.45, 7) is 4.54. The SMILES string of the molecule is COc1cccc(C(c2ccccc2OCc2ccccc2)N2CCNCC2)c1. The molecule has 1 N–H and O–H groups in total. The second kappa shape index (κ2) is 9.59. The van der Waals surface area contributed by atoms with Crippen LogP contribution >= 0.6 is 0 Å². The Bertz CT molecular complexity index is 907. The largest absolute Gasteiger partial charge is 0.497 e. The number of piperazine rings is 1. The molecule has 0 radical (unpaired) electrons. The van der Waals surface area contributed by atoms with Gasteiger partial charge in [0.05, 0.1) is 13.2 Å². The fourth-order valence-corrected chi connectivity index (χ4v) is 3.91. The topological polar surface area (TPSA) is 33.7 Å². The molecule has 1 aliphatic heterocycles. The number of ether oxygens (including phenoxy) is 2. The van der Waals surface area contributed by atoms with Gasteiger partial charge in [-0.05, 0) is 29.3 Å². The molecule has 1 fully saturated rings. The third-order valence-corrected chi connectivity index (χ3v) is 5.38. The van der Waals surface area contributed by atoms with E-state index in [0.717, 1.165) is 37.7 Å². The van der Waals surface area contributed by atoms with E-state index >= 15 is 0 Å². The summed E-state index contributed by atoms with van der Waals surface area (Å²) in [5, 5.41) is 3.46. The van der Waals surface area contributed by atoms with Crippen molar-refractivity contribution in [3.63, 3.8) is 0 Å². The molecule has 1 atom stereocenters. The van der Waals surface area contributed by atoms with E-state index in [9.17, 15) is 0 Å². The molecule has 29 heavy (non-hydrogen) atoms. The molecular formula is C25H28N2O2. The van der Waals surface area contributed by atoms with Crippen molar-refractivity contribution in [2.75, 3.05) is 33.3 Å². The molecule has 150 valence electrons. The number of methoxy groups -OCH3 is 1. The highest BCUT2D eigenvalue weighted by molar-refractivity contribution is 5.44. The van der Waals surface area contributed by atoms with Crippen LogP contribution in [-0.4, -0.2) is 38.2 Å². The zero-order valence-corrected chi connectivity index (χ0v) is 16.9. The van der Waals surface area contributed by atoms with Crippen LogP contribution in [0.4, 0.5) is 0 Å². The zero-order valence-electron chi connectivity index (χ0n) is 16.9. The van der Waals surface area contributed by atoms with E-state index in [0.29, 0.717) is 6.61 Å². The minimum atomic E-state index is 0.124. The maximum atomic E-state index is 6.30. The standard InChI is InChI=1S/C25H28N2O2/c1-28-22-11-7-10-21(18-22)25(27-16-14-26-15-17-27)23-12-5-6-13-24(23)29-19-20-8-3-2-4-9-20/h2-13,18,25-26H,14-17,19H2,1H3. The number of rotatable bonds is 7. The van der Waals surface area contributed by atoms with Crippen molar-refractivity contribution in [2.24, 2.45) is 0 Å². The Morgan fingerprint density at radius 1 is 0.897 bits per heavy atom. The summed E-state index contributed by atoms with van der Waals surface area (Å²) < 4.78 is 11.8. The van der Waals surface area contributed by atoms with Gasteiger partial charge < -0.3 is 14.8 Å². The minimum absolute atomic E-state index is 0.124. The van der Waals surface area contributed by atoms with Crippen molar-refractivity contribution in [3.05, 3.63) is 95.6 Å². The summed E-state index contributed by atoms with van der Waals surface area (Å²) in [5.41, 5.74) is 3.59. The summed E-state index contributed by atoms with van der Waals surface area (Å²) in [6.07, 6.45) is 0. The number of nitrogens with one attached hydrogen (secondary N) is 1. The van der Waals surface area contributed by atoms with Gasteiger partial charge in [0.2, 0.25) is 0 Å². The van der Waals surface area contributed by atoms with E-state index in [2.05, 4.69) is 58.7 Å². The maximum Gasteiger partial charge on any atom is 0.124 e. The van der Waals surface area contributed by atoms with Crippen LogP contribution in [0.25, 0.3) is 0 Å². The molecule has 3 aromatic rings. The number of para-hydroxylation sites is 1. The van der Waals surface area contributed by atoms with Gasteiger partial charge >= 0.3 is 0 Å². The first-order valence-electron chi connectivity index (χ1n) is 10.2. The number of hydrogen-bond donors (Lipinski definition) is 1. The third kappa shape index (κ3) is 4.78. The molecule has 1 heterocycles. The first-order valence-corrected chi connectivity index (χ1v) is 10.2. The highest BCUT2D eigenvalue weighted by Crippen LogP contribution is 2.36. The van der Waals surface area contributed by atoms with E-state index in [-0.39, 0.29) is 6.04 Å². The molecule has 0 spiro atoms. The molecule has 4 nitrogen and oxygen atoms in total. The number of nitrogens with zero attached hydrogens (tertiary/aromatic N) is 1. The molecule has 0 amide bonds. The monoisotopic (exact) mass is 388 g/mol. The molecule has 1 saturated heterocycles. The lowest BCUT2D eigenvalue weighted by Crippen LogP contribution is -2.45. The molecule has 0 aliphatic carbocycles. The Labute approximate surface area is 173 Å². The zero-order chi connectivity index (χ0) is 19.9. The summed E-state index contributed by atoms with van der Waals surface area (Å²) >= 11 is 0. The lowest BCUT2D eigenvalue weighted by molar-refractivity contribution is 0.192. The van der Waals surface area contributed by atoms with E-state index in [1.165, 1.54) is 16.7 Å². The lowest BCUT2D eigenvalue weighted by atomic mass is 9.95. The van der Waals surface area contributed by atoms with E-state index in [4.69, 9.17) is 9.47 Å². The summed E-state index contributed by atoms with van der Waals surface area (Å²) in [6, 6.07) is 27.2. The predicted molar refractivity (Wildman–Crippen MR) is 116 cm³/mol. The lowest BCUT2D eigenvalue weighted by Gasteiger charge is -2.36. The van der Waals surface area contributed by atoms with Crippen molar-refractivity contribution < 1.29 is 9.47 Å². The highest BCUT2D eigenvalue weighted by Gasteiger charge is 2.26. The Kier molecular flexibility index (Phi) is 6.45. The smallest absolute Gasteiger partial charge is 0.124 e. The van der Waals surface area contributed by atoms with Crippen LogP contribution in [0.5, 0.6) is 11.5 Å². The first kappa shape index (κ1) is 19.5. The van der Waals surface area contributed by atoms with Gasteiger partial charge in [-0.15, -0.1) is 0 Å². The Hall–Kier alpha value is -2.82. The fraction of sp³-hybridized carbons (Fsp3) is 0.280. The minimum Gasteiger partial charge on any atom is -0.497 e. The van der Waals surface area contributed by atoms with Gasteiger partial charge in [-0.2, -0.15) is 0 Å². The van der Waals surface area contributed by atoms with E-state index in [1.807, 2.05) is 30.3 Å². The number of hydrogen-bond acceptors (Lipinski definition) is 4. The van der Waals surface area contributed by atoms with Gasteiger partial charge in [0.1, 0.15) is 18.1 Å². The second-order valence-electron chi connectivity index (χ2n) is 7.28. The van der Waals surface area contributed by atoms with Crippen LogP contribution in [0.3, 0.4) is 0 Å². The van der Waals surface area contributed by atoms with Crippen molar-refractivity contribution in [1.82, 2.24) is 10.2 Å². The summed E-state index contributed by atoms with van der Waals surface area (Å²) in [5.74, 6) is 1.81. The fourth-order valence-electron chi connectivity index (χ4n) is 3.91. The molecule has 0 bridgehead atoms. The molecule has 3 aromatic carbocycles. The van der Waals surface area contributed by atoms with Crippen LogP contribution in [0.15, 0.2) is 78.9 Å². The highest BCUT2D eigenvalue weighted by atomic mass is 16.5. The summed E-state index contributed by atoms with van der Waals surface area (Å²) in [4.78, 5) is 2.52. The van der Waals surface area contributed by atoms with Crippen LogP contribution < -0.4 is 14.8 Å². The maximum absolute atomic E-state index is 6.30. The average Bonchev–Trinajstić information content (AvgIpc) is 2.80. The van der Waals surface area contributed by atoms with Crippen LogP contribution in [0, 0.1) is 0 Å². The van der Waals surface area contributed by atoms with Gasteiger partial charge in [-0.1, -0.05) is 60.7 Å². The molecule has 0 aromatic heterocycles. The average molecular weight is 389 g/mol. The normalized spacial score (nSPS) is 15.6. The molecule has 4 rings (SSSR count). The molecule has 4 heteroatoms. The van der Waals surface area contributed by atoms with Crippen molar-refractivity contribution in [1.29, 1.82) is 0 Å². The van der Waals surface area contributed by atoms with Gasteiger partial charge in [0.25, 0.3) is 0 Å². The summed E-state index contributed by atoms with van der Waals surface area (Å²) in [7, 11) is 1.72. The van der Waals surface area contributed by atoms with Crippen LogP contribution in [0.2, 0.25) is 0 Å². The predicted octanol–water partition coefficient (Wildman–Crippen LogP) is 4.27. The third-order valence-electron chi connectivity index (χ3n) is 5.38. The first-order chi connectivity index (χ1) is 14.3. The Morgan fingerprint density at radius 2 is 1.66 bits per heavy atom. The van der Waals surface area contributed by atoms with Gasteiger partial charge in [0, 0.05) is 31.7 Å². The van der Waals surface area contributed by atoms with Crippen molar-refractivity contribution in [2.45, 2.75) is 12.6 Å². The van der Waals surface area contributed by atoms with Crippen molar-refractivity contribution in [3.8, 4) is 11.5 Å². The van der Waals surface area contributed by atoms with Crippen LogP contribution in [-0.2, 0) is 6.61 Å². The second-order valence-corrected chi connectivity index (χ2v) is 7.28. The molecular weight excluding hydrogens is 360 g/mol.